The van der Waals surface area contributed by atoms with Gasteiger partial charge in [0, 0.05) is 18.9 Å². The molecule has 1 amide bonds. The van der Waals surface area contributed by atoms with Crippen LogP contribution in [0.4, 0.5) is 0 Å². The predicted octanol–water partition coefficient (Wildman–Crippen LogP) is -0.175. The minimum Gasteiger partial charge on any atom is -0.364 e. The summed E-state index contributed by atoms with van der Waals surface area (Å²) in [5.74, 6) is -0.558. The van der Waals surface area contributed by atoms with Crippen LogP contribution in [0.15, 0.2) is 30.6 Å². The molecule has 6 nitrogen and oxygen atoms in total. The third-order valence-electron chi connectivity index (χ3n) is 2.15. The van der Waals surface area contributed by atoms with E-state index in [2.05, 4.69) is 10.1 Å². The molecule has 0 fully saturated rings. The summed E-state index contributed by atoms with van der Waals surface area (Å²) in [5, 5.41) is 4.04. The number of amides is 1. The second kappa shape index (κ2) is 4.11. The molecule has 2 aromatic rings. The molecule has 2 rings (SSSR count). The third-order valence-corrected chi connectivity index (χ3v) is 2.15. The number of carbonyl (C=O) groups excluding carboxylic acids is 1. The van der Waals surface area contributed by atoms with E-state index in [0.717, 1.165) is 5.69 Å². The number of hydrogen-bond acceptors (Lipinski definition) is 4. The van der Waals surface area contributed by atoms with Crippen LogP contribution in [-0.2, 0) is 6.54 Å². The van der Waals surface area contributed by atoms with Crippen LogP contribution in [0.5, 0.6) is 0 Å². The first-order valence-electron chi connectivity index (χ1n) is 4.72. The summed E-state index contributed by atoms with van der Waals surface area (Å²) in [5.41, 5.74) is 12.4. The summed E-state index contributed by atoms with van der Waals surface area (Å²) in [6.07, 6.45) is 3.31. The van der Waals surface area contributed by atoms with E-state index in [1.165, 1.54) is 4.68 Å². The molecule has 0 radical (unpaired) electrons. The van der Waals surface area contributed by atoms with E-state index in [-0.39, 0.29) is 5.69 Å². The molecule has 4 N–H and O–H groups in total. The maximum Gasteiger partial charge on any atom is 0.269 e. The zero-order valence-corrected chi connectivity index (χ0v) is 8.50. The van der Waals surface area contributed by atoms with Gasteiger partial charge in [-0.05, 0) is 18.2 Å². The number of primary amides is 1. The van der Waals surface area contributed by atoms with E-state index in [9.17, 15) is 4.79 Å². The van der Waals surface area contributed by atoms with Gasteiger partial charge in [-0.2, -0.15) is 5.10 Å². The van der Waals surface area contributed by atoms with Crippen LogP contribution in [0.3, 0.4) is 0 Å². The molecule has 2 heterocycles. The second-order valence-corrected chi connectivity index (χ2v) is 3.18. The highest BCUT2D eigenvalue weighted by Gasteiger charge is 2.08. The standard InChI is InChI=1S/C10H11N5O/c11-6-8-9(2-1-4-13-8)15-5-3-7(14-15)10(12)16/h1-5H,6,11H2,(H2,12,16). The lowest BCUT2D eigenvalue weighted by molar-refractivity contribution is 0.0995. The molecule has 0 saturated heterocycles. The fraction of sp³-hybridized carbons (Fsp3) is 0.100. The summed E-state index contributed by atoms with van der Waals surface area (Å²) in [6, 6.07) is 5.16. The molecule has 0 bridgehead atoms. The zero-order valence-electron chi connectivity index (χ0n) is 8.50. The molecule has 0 spiro atoms. The lowest BCUT2D eigenvalue weighted by atomic mass is 10.3. The van der Waals surface area contributed by atoms with Gasteiger partial charge in [0.15, 0.2) is 0 Å². The molecule has 82 valence electrons. The van der Waals surface area contributed by atoms with Crippen LogP contribution in [0.2, 0.25) is 0 Å². The lowest BCUT2D eigenvalue weighted by Crippen LogP contribution is -2.13. The Balaban J connectivity index is 2.46. The number of rotatable bonds is 3. The third kappa shape index (κ3) is 1.78. The smallest absolute Gasteiger partial charge is 0.269 e. The van der Waals surface area contributed by atoms with Crippen molar-refractivity contribution in [3.05, 3.63) is 42.0 Å². The van der Waals surface area contributed by atoms with E-state index in [0.29, 0.717) is 12.2 Å². The van der Waals surface area contributed by atoms with Gasteiger partial charge in [0.1, 0.15) is 5.69 Å². The number of pyridine rings is 1. The van der Waals surface area contributed by atoms with E-state index in [1.54, 1.807) is 24.5 Å². The van der Waals surface area contributed by atoms with Crippen LogP contribution in [0.25, 0.3) is 5.69 Å². The molecule has 2 aromatic heterocycles. The van der Waals surface area contributed by atoms with Gasteiger partial charge in [0.25, 0.3) is 5.91 Å². The number of nitrogens with zero attached hydrogens (tertiary/aromatic N) is 3. The molecule has 0 aliphatic heterocycles. The Morgan fingerprint density at radius 1 is 1.44 bits per heavy atom. The molecule has 0 atom stereocenters. The summed E-state index contributed by atoms with van der Waals surface area (Å²) in [6.45, 7) is 0.307. The molecular weight excluding hydrogens is 206 g/mol. The predicted molar refractivity (Wildman–Crippen MR) is 57.8 cm³/mol. The van der Waals surface area contributed by atoms with Crippen molar-refractivity contribution in [2.24, 2.45) is 11.5 Å². The van der Waals surface area contributed by atoms with Crippen LogP contribution in [0, 0.1) is 0 Å². The highest BCUT2D eigenvalue weighted by Crippen LogP contribution is 2.10. The van der Waals surface area contributed by atoms with Crippen molar-refractivity contribution in [2.45, 2.75) is 6.54 Å². The van der Waals surface area contributed by atoms with Gasteiger partial charge in [-0.15, -0.1) is 0 Å². The molecule has 0 aliphatic rings. The summed E-state index contributed by atoms with van der Waals surface area (Å²) >= 11 is 0. The largest absolute Gasteiger partial charge is 0.364 e. The SMILES string of the molecule is NCc1ncccc1-n1ccc(C(N)=O)n1. The Morgan fingerprint density at radius 2 is 2.25 bits per heavy atom. The molecule has 0 aliphatic carbocycles. The Labute approximate surface area is 91.9 Å². The van der Waals surface area contributed by atoms with Crippen LogP contribution < -0.4 is 11.5 Å². The maximum atomic E-state index is 10.9. The fourth-order valence-electron chi connectivity index (χ4n) is 1.38. The van der Waals surface area contributed by atoms with Gasteiger partial charge >= 0.3 is 0 Å². The molecular formula is C10H11N5O. The van der Waals surface area contributed by atoms with Crippen molar-refractivity contribution < 1.29 is 4.79 Å². The van der Waals surface area contributed by atoms with E-state index < -0.39 is 5.91 Å². The van der Waals surface area contributed by atoms with Crippen molar-refractivity contribution in [1.29, 1.82) is 0 Å². The first-order valence-corrected chi connectivity index (χ1v) is 4.72. The Morgan fingerprint density at radius 3 is 2.88 bits per heavy atom. The van der Waals surface area contributed by atoms with Crippen molar-refractivity contribution in [3.63, 3.8) is 0 Å². The number of carbonyl (C=O) groups is 1. The number of aromatic nitrogens is 3. The van der Waals surface area contributed by atoms with Crippen molar-refractivity contribution in [2.75, 3.05) is 0 Å². The number of hydrogen-bond donors (Lipinski definition) is 2. The first-order chi connectivity index (χ1) is 7.72. The van der Waals surface area contributed by atoms with E-state index in [1.807, 2.05) is 6.07 Å². The minimum absolute atomic E-state index is 0.215. The van der Waals surface area contributed by atoms with Gasteiger partial charge in [-0.1, -0.05) is 0 Å². The van der Waals surface area contributed by atoms with E-state index in [4.69, 9.17) is 11.5 Å². The van der Waals surface area contributed by atoms with Gasteiger partial charge in [-0.25, -0.2) is 4.68 Å². The second-order valence-electron chi connectivity index (χ2n) is 3.18. The highest BCUT2D eigenvalue weighted by molar-refractivity contribution is 5.90. The quantitative estimate of drug-likeness (QED) is 0.745. The van der Waals surface area contributed by atoms with Crippen molar-refractivity contribution in [1.82, 2.24) is 14.8 Å². The average molecular weight is 217 g/mol. The summed E-state index contributed by atoms with van der Waals surface area (Å²) < 4.78 is 1.54. The molecule has 0 saturated carbocycles. The normalized spacial score (nSPS) is 10.3. The van der Waals surface area contributed by atoms with Crippen LogP contribution in [0.1, 0.15) is 16.2 Å². The fourth-order valence-corrected chi connectivity index (χ4v) is 1.38. The minimum atomic E-state index is -0.558. The first kappa shape index (κ1) is 10.3. The van der Waals surface area contributed by atoms with Gasteiger partial charge in [0.2, 0.25) is 0 Å². The molecule has 0 aromatic carbocycles. The maximum absolute atomic E-state index is 10.9. The topological polar surface area (TPSA) is 99.8 Å². The highest BCUT2D eigenvalue weighted by atomic mass is 16.1. The summed E-state index contributed by atoms with van der Waals surface area (Å²) in [7, 11) is 0. The molecule has 16 heavy (non-hydrogen) atoms. The van der Waals surface area contributed by atoms with Gasteiger partial charge < -0.3 is 11.5 Å². The van der Waals surface area contributed by atoms with E-state index >= 15 is 0 Å². The number of nitrogens with two attached hydrogens (primary N) is 2. The Bertz CT molecular complexity index is 519. The lowest BCUT2D eigenvalue weighted by Gasteiger charge is -2.05. The van der Waals surface area contributed by atoms with Gasteiger partial charge in [0.05, 0.1) is 11.4 Å². The van der Waals surface area contributed by atoms with Gasteiger partial charge in [-0.3, -0.25) is 9.78 Å². The Kier molecular flexibility index (Phi) is 2.65. The average Bonchev–Trinajstić information content (AvgIpc) is 2.78. The Hall–Kier alpha value is -2.21. The molecule has 0 unspecified atom stereocenters. The summed E-state index contributed by atoms with van der Waals surface area (Å²) in [4.78, 5) is 15.0. The van der Waals surface area contributed by atoms with Crippen molar-refractivity contribution in [3.8, 4) is 5.69 Å². The monoisotopic (exact) mass is 217 g/mol. The van der Waals surface area contributed by atoms with Crippen LogP contribution in [-0.4, -0.2) is 20.7 Å². The molecule has 6 heteroatoms. The van der Waals surface area contributed by atoms with Crippen LogP contribution >= 0.6 is 0 Å². The zero-order chi connectivity index (χ0) is 11.5. The van der Waals surface area contributed by atoms with Crippen molar-refractivity contribution >= 4 is 5.91 Å².